The zero-order valence-electron chi connectivity index (χ0n) is 10.5. The molecular formula is C16H22O. The van der Waals surface area contributed by atoms with Gasteiger partial charge >= 0.3 is 0 Å². The third kappa shape index (κ3) is 3.71. The van der Waals surface area contributed by atoms with Gasteiger partial charge in [-0.1, -0.05) is 55.7 Å². The standard InChI is InChI=1S/C16H22O/c1-2-16(15-11-7-4-8-12-15)17-13-14-9-5-3-6-10-14/h2-3,5-6,9-10,15-16H,1,4,7-8,11-13H2/t16-/m1/s1. The van der Waals surface area contributed by atoms with Gasteiger partial charge in [0, 0.05) is 0 Å². The Labute approximate surface area is 104 Å². The summed E-state index contributed by atoms with van der Waals surface area (Å²) in [4.78, 5) is 0. The van der Waals surface area contributed by atoms with E-state index in [9.17, 15) is 0 Å². The number of benzene rings is 1. The Bertz CT molecular complexity index is 325. The summed E-state index contributed by atoms with van der Waals surface area (Å²) in [5.41, 5.74) is 1.25. The van der Waals surface area contributed by atoms with Crippen molar-refractivity contribution in [1.82, 2.24) is 0 Å². The minimum atomic E-state index is 0.232. The number of rotatable bonds is 5. The van der Waals surface area contributed by atoms with Crippen LogP contribution in [0.2, 0.25) is 0 Å². The molecule has 0 heterocycles. The molecular weight excluding hydrogens is 208 g/mol. The molecule has 0 radical (unpaired) electrons. The minimum absolute atomic E-state index is 0.232. The van der Waals surface area contributed by atoms with Crippen molar-refractivity contribution in [2.24, 2.45) is 5.92 Å². The van der Waals surface area contributed by atoms with Crippen molar-refractivity contribution >= 4 is 0 Å². The molecule has 1 heteroatoms. The maximum absolute atomic E-state index is 6.00. The Morgan fingerprint density at radius 3 is 2.53 bits per heavy atom. The summed E-state index contributed by atoms with van der Waals surface area (Å²) >= 11 is 0. The Kier molecular flexibility index (Phi) is 4.81. The van der Waals surface area contributed by atoms with Crippen molar-refractivity contribution in [3.63, 3.8) is 0 Å². The molecule has 1 nitrogen and oxygen atoms in total. The zero-order valence-corrected chi connectivity index (χ0v) is 10.5. The summed E-state index contributed by atoms with van der Waals surface area (Å²) in [5, 5.41) is 0. The maximum Gasteiger partial charge on any atom is 0.0785 e. The Balaban J connectivity index is 1.85. The lowest BCUT2D eigenvalue weighted by molar-refractivity contribution is 0.0211. The first kappa shape index (κ1) is 12.4. The average molecular weight is 230 g/mol. The summed E-state index contributed by atoms with van der Waals surface area (Å²) in [5.74, 6) is 0.685. The van der Waals surface area contributed by atoms with Crippen molar-refractivity contribution in [1.29, 1.82) is 0 Å². The van der Waals surface area contributed by atoms with Gasteiger partial charge in [0.05, 0.1) is 12.7 Å². The summed E-state index contributed by atoms with van der Waals surface area (Å²) in [6.45, 7) is 4.63. The smallest absolute Gasteiger partial charge is 0.0785 e. The second-order valence-electron chi connectivity index (χ2n) is 4.90. The first-order chi connectivity index (χ1) is 8.40. The van der Waals surface area contributed by atoms with Crippen LogP contribution in [0.5, 0.6) is 0 Å². The third-order valence-corrected chi connectivity index (χ3v) is 3.63. The normalized spacial score (nSPS) is 18.8. The largest absolute Gasteiger partial charge is 0.369 e. The Hall–Kier alpha value is -1.08. The van der Waals surface area contributed by atoms with Crippen LogP contribution in [0.25, 0.3) is 0 Å². The fourth-order valence-electron chi connectivity index (χ4n) is 2.63. The Morgan fingerprint density at radius 2 is 1.88 bits per heavy atom. The zero-order chi connectivity index (χ0) is 11.9. The van der Waals surface area contributed by atoms with Gasteiger partial charge in [-0.05, 0) is 24.3 Å². The van der Waals surface area contributed by atoms with Gasteiger partial charge < -0.3 is 4.74 Å². The molecule has 1 aliphatic rings. The maximum atomic E-state index is 6.00. The van der Waals surface area contributed by atoms with Gasteiger partial charge in [0.1, 0.15) is 0 Å². The molecule has 2 rings (SSSR count). The van der Waals surface area contributed by atoms with Crippen LogP contribution >= 0.6 is 0 Å². The Morgan fingerprint density at radius 1 is 1.18 bits per heavy atom. The van der Waals surface area contributed by atoms with Gasteiger partial charge in [0.2, 0.25) is 0 Å². The van der Waals surface area contributed by atoms with Crippen LogP contribution in [-0.2, 0) is 11.3 Å². The SMILES string of the molecule is C=C[C@@H](OCc1ccccc1)C1CCCCC1. The number of hydrogen-bond donors (Lipinski definition) is 0. The molecule has 1 aliphatic carbocycles. The van der Waals surface area contributed by atoms with Gasteiger partial charge in [0.15, 0.2) is 0 Å². The van der Waals surface area contributed by atoms with Crippen LogP contribution in [0.4, 0.5) is 0 Å². The molecule has 17 heavy (non-hydrogen) atoms. The molecule has 0 N–H and O–H groups in total. The molecule has 0 unspecified atom stereocenters. The van der Waals surface area contributed by atoms with Crippen LogP contribution in [0.3, 0.4) is 0 Å². The molecule has 0 spiro atoms. The van der Waals surface area contributed by atoms with E-state index in [0.717, 1.165) is 0 Å². The minimum Gasteiger partial charge on any atom is -0.369 e. The highest BCUT2D eigenvalue weighted by Crippen LogP contribution is 2.28. The fourth-order valence-corrected chi connectivity index (χ4v) is 2.63. The lowest BCUT2D eigenvalue weighted by Gasteiger charge is -2.28. The van der Waals surface area contributed by atoms with Crippen molar-refractivity contribution < 1.29 is 4.74 Å². The van der Waals surface area contributed by atoms with E-state index >= 15 is 0 Å². The van der Waals surface area contributed by atoms with E-state index in [4.69, 9.17) is 4.74 Å². The van der Waals surface area contributed by atoms with Crippen molar-refractivity contribution in [2.45, 2.75) is 44.8 Å². The van der Waals surface area contributed by atoms with E-state index in [2.05, 4.69) is 30.8 Å². The summed E-state index contributed by atoms with van der Waals surface area (Å²) < 4.78 is 6.00. The first-order valence-electron chi connectivity index (χ1n) is 6.68. The predicted octanol–water partition coefficient (Wildman–Crippen LogP) is 4.34. The fraction of sp³-hybridized carbons (Fsp3) is 0.500. The predicted molar refractivity (Wildman–Crippen MR) is 71.8 cm³/mol. The summed E-state index contributed by atoms with van der Waals surface area (Å²) in [6.07, 6.45) is 8.90. The summed E-state index contributed by atoms with van der Waals surface area (Å²) in [6, 6.07) is 10.4. The molecule has 1 aromatic rings. The van der Waals surface area contributed by atoms with Gasteiger partial charge in [-0.15, -0.1) is 6.58 Å². The molecule has 92 valence electrons. The van der Waals surface area contributed by atoms with Crippen LogP contribution < -0.4 is 0 Å². The molecule has 1 fully saturated rings. The van der Waals surface area contributed by atoms with E-state index in [1.165, 1.54) is 37.7 Å². The van der Waals surface area contributed by atoms with E-state index in [1.807, 2.05) is 12.1 Å². The van der Waals surface area contributed by atoms with E-state index in [0.29, 0.717) is 12.5 Å². The lowest BCUT2D eigenvalue weighted by atomic mass is 9.85. The topological polar surface area (TPSA) is 9.23 Å². The molecule has 0 amide bonds. The van der Waals surface area contributed by atoms with Crippen LogP contribution in [0, 0.1) is 5.92 Å². The molecule has 0 saturated heterocycles. The highest BCUT2D eigenvalue weighted by Gasteiger charge is 2.21. The van der Waals surface area contributed by atoms with Crippen LogP contribution in [-0.4, -0.2) is 6.10 Å². The van der Waals surface area contributed by atoms with Gasteiger partial charge in [0.25, 0.3) is 0 Å². The number of hydrogen-bond acceptors (Lipinski definition) is 1. The molecule has 0 aromatic heterocycles. The quantitative estimate of drug-likeness (QED) is 0.684. The summed E-state index contributed by atoms with van der Waals surface area (Å²) in [7, 11) is 0. The third-order valence-electron chi connectivity index (χ3n) is 3.63. The van der Waals surface area contributed by atoms with Crippen molar-refractivity contribution in [3.05, 3.63) is 48.6 Å². The van der Waals surface area contributed by atoms with Gasteiger partial charge in [-0.3, -0.25) is 0 Å². The second-order valence-corrected chi connectivity index (χ2v) is 4.90. The molecule has 0 bridgehead atoms. The van der Waals surface area contributed by atoms with Crippen molar-refractivity contribution in [3.8, 4) is 0 Å². The first-order valence-corrected chi connectivity index (χ1v) is 6.68. The highest BCUT2D eigenvalue weighted by atomic mass is 16.5. The second kappa shape index (κ2) is 6.61. The molecule has 1 atom stereocenters. The van der Waals surface area contributed by atoms with E-state index in [-0.39, 0.29) is 6.10 Å². The molecule has 0 aliphatic heterocycles. The van der Waals surface area contributed by atoms with E-state index in [1.54, 1.807) is 0 Å². The van der Waals surface area contributed by atoms with Crippen LogP contribution in [0.15, 0.2) is 43.0 Å². The monoisotopic (exact) mass is 230 g/mol. The molecule has 1 saturated carbocycles. The molecule has 1 aromatic carbocycles. The van der Waals surface area contributed by atoms with Gasteiger partial charge in [-0.2, -0.15) is 0 Å². The lowest BCUT2D eigenvalue weighted by Crippen LogP contribution is -2.24. The van der Waals surface area contributed by atoms with Crippen molar-refractivity contribution in [2.75, 3.05) is 0 Å². The average Bonchev–Trinajstić information content (AvgIpc) is 2.42. The van der Waals surface area contributed by atoms with Crippen LogP contribution in [0.1, 0.15) is 37.7 Å². The van der Waals surface area contributed by atoms with E-state index < -0.39 is 0 Å². The highest BCUT2D eigenvalue weighted by molar-refractivity contribution is 5.13. The number of ether oxygens (including phenoxy) is 1. The van der Waals surface area contributed by atoms with Gasteiger partial charge in [-0.25, -0.2) is 0 Å².